The molecule has 2 aromatic heterocycles. The summed E-state index contributed by atoms with van der Waals surface area (Å²) in [6, 6.07) is 7.70. The third-order valence-electron chi connectivity index (χ3n) is 3.50. The summed E-state index contributed by atoms with van der Waals surface area (Å²) in [7, 11) is 0. The smallest absolute Gasteiger partial charge is 0.342 e. The predicted octanol–water partition coefficient (Wildman–Crippen LogP) is 4.07. The second-order valence-corrected chi connectivity index (χ2v) is 6.45. The number of carboxylic acid groups (broad SMARTS) is 1. The third kappa shape index (κ3) is 4.23. The van der Waals surface area contributed by atoms with Gasteiger partial charge >= 0.3 is 5.97 Å². The van der Waals surface area contributed by atoms with E-state index in [4.69, 9.17) is 8.83 Å². The molecule has 0 atom stereocenters. The SMILES string of the molecule is Cc1nnc(S/C(=C\c2ccc(-c3ccc([N+](=O)[O-])cc3C)o2)C(=O)O)o1. The molecule has 27 heavy (non-hydrogen) atoms. The molecule has 3 rings (SSSR count). The molecule has 0 saturated carbocycles. The van der Waals surface area contributed by atoms with E-state index < -0.39 is 10.9 Å². The van der Waals surface area contributed by atoms with Gasteiger partial charge in [0.2, 0.25) is 5.89 Å². The predicted molar refractivity (Wildman–Crippen MR) is 96.0 cm³/mol. The van der Waals surface area contributed by atoms with E-state index in [0.717, 1.165) is 11.8 Å². The molecule has 9 nitrogen and oxygen atoms in total. The van der Waals surface area contributed by atoms with Crippen molar-refractivity contribution in [1.82, 2.24) is 10.2 Å². The minimum absolute atomic E-state index is 0.0117. The van der Waals surface area contributed by atoms with Crippen LogP contribution in [0.25, 0.3) is 17.4 Å². The number of benzene rings is 1. The lowest BCUT2D eigenvalue weighted by Gasteiger charge is -2.02. The van der Waals surface area contributed by atoms with Gasteiger partial charge in [0.15, 0.2) is 0 Å². The molecule has 0 fully saturated rings. The quantitative estimate of drug-likeness (QED) is 0.287. The maximum Gasteiger partial charge on any atom is 0.342 e. The Labute approximate surface area is 156 Å². The molecule has 1 aromatic carbocycles. The summed E-state index contributed by atoms with van der Waals surface area (Å²) >= 11 is 0.812. The number of carboxylic acids is 1. The Morgan fingerprint density at radius 3 is 2.59 bits per heavy atom. The first-order valence-corrected chi connectivity index (χ1v) is 8.43. The van der Waals surface area contributed by atoms with Crippen molar-refractivity contribution in [3.8, 4) is 11.3 Å². The number of aromatic nitrogens is 2. The van der Waals surface area contributed by atoms with Gasteiger partial charge in [-0.25, -0.2) is 4.79 Å². The highest BCUT2D eigenvalue weighted by molar-refractivity contribution is 8.03. The molecule has 0 spiro atoms. The van der Waals surface area contributed by atoms with E-state index in [0.29, 0.717) is 28.5 Å². The normalized spacial score (nSPS) is 11.6. The number of nitro groups is 1. The summed E-state index contributed by atoms with van der Waals surface area (Å²) in [5.74, 6) is -0.0580. The number of aryl methyl sites for hydroxylation is 2. The Balaban J connectivity index is 1.88. The summed E-state index contributed by atoms with van der Waals surface area (Å²) in [5, 5.41) is 27.7. The average molecular weight is 387 g/mol. The van der Waals surface area contributed by atoms with Crippen LogP contribution >= 0.6 is 11.8 Å². The number of non-ortho nitro benzene ring substituents is 1. The fraction of sp³-hybridized carbons (Fsp3) is 0.118. The van der Waals surface area contributed by atoms with Crippen LogP contribution in [0.4, 0.5) is 5.69 Å². The molecule has 0 radical (unpaired) electrons. The number of furan rings is 1. The molecule has 2 heterocycles. The molecule has 0 aliphatic heterocycles. The first-order chi connectivity index (χ1) is 12.8. The van der Waals surface area contributed by atoms with Gasteiger partial charge in [-0.05, 0) is 42.4 Å². The Hall–Kier alpha value is -3.40. The second kappa shape index (κ2) is 7.46. The molecular formula is C17H13N3O6S. The van der Waals surface area contributed by atoms with Crippen LogP contribution in [0.1, 0.15) is 17.2 Å². The highest BCUT2D eigenvalue weighted by Crippen LogP contribution is 2.31. The van der Waals surface area contributed by atoms with Crippen molar-refractivity contribution in [2.45, 2.75) is 19.1 Å². The maximum atomic E-state index is 11.5. The van der Waals surface area contributed by atoms with Crippen LogP contribution in [0.2, 0.25) is 0 Å². The lowest BCUT2D eigenvalue weighted by molar-refractivity contribution is -0.384. The first-order valence-electron chi connectivity index (χ1n) is 7.61. The van der Waals surface area contributed by atoms with Gasteiger partial charge in [-0.3, -0.25) is 10.1 Å². The van der Waals surface area contributed by atoms with Crippen molar-refractivity contribution in [2.24, 2.45) is 0 Å². The van der Waals surface area contributed by atoms with E-state index in [1.54, 1.807) is 32.0 Å². The van der Waals surface area contributed by atoms with Crippen molar-refractivity contribution in [2.75, 3.05) is 0 Å². The van der Waals surface area contributed by atoms with Gasteiger partial charge in [0, 0.05) is 30.7 Å². The zero-order valence-electron chi connectivity index (χ0n) is 14.2. The van der Waals surface area contributed by atoms with Crippen molar-refractivity contribution in [1.29, 1.82) is 0 Å². The van der Waals surface area contributed by atoms with Gasteiger partial charge in [-0.1, -0.05) is 0 Å². The van der Waals surface area contributed by atoms with Crippen LogP contribution in [-0.2, 0) is 4.79 Å². The molecule has 0 saturated heterocycles. The Morgan fingerprint density at radius 1 is 1.22 bits per heavy atom. The van der Waals surface area contributed by atoms with Gasteiger partial charge in [-0.15, -0.1) is 10.2 Å². The summed E-state index contributed by atoms with van der Waals surface area (Å²) in [5.41, 5.74) is 1.34. The molecule has 3 aromatic rings. The molecular weight excluding hydrogens is 374 g/mol. The lowest BCUT2D eigenvalue weighted by atomic mass is 10.1. The molecule has 0 aliphatic rings. The number of hydrogen-bond donors (Lipinski definition) is 1. The minimum Gasteiger partial charge on any atom is -0.477 e. The fourth-order valence-electron chi connectivity index (χ4n) is 2.29. The van der Waals surface area contributed by atoms with Crippen molar-refractivity contribution in [3.05, 3.63) is 62.6 Å². The zero-order chi connectivity index (χ0) is 19.6. The van der Waals surface area contributed by atoms with Crippen LogP contribution in [0, 0.1) is 24.0 Å². The van der Waals surface area contributed by atoms with Crippen LogP contribution in [0.5, 0.6) is 0 Å². The summed E-state index contributed by atoms with van der Waals surface area (Å²) in [6.45, 7) is 3.34. The van der Waals surface area contributed by atoms with Gasteiger partial charge in [-0.2, -0.15) is 0 Å². The molecule has 0 bridgehead atoms. The molecule has 0 unspecified atom stereocenters. The molecule has 1 N–H and O–H groups in total. The van der Waals surface area contributed by atoms with Crippen molar-refractivity contribution >= 4 is 29.5 Å². The Kier molecular flexibility index (Phi) is 5.08. The van der Waals surface area contributed by atoms with Crippen LogP contribution in [0.3, 0.4) is 0 Å². The van der Waals surface area contributed by atoms with Gasteiger partial charge in [0.25, 0.3) is 10.9 Å². The van der Waals surface area contributed by atoms with E-state index in [2.05, 4.69) is 10.2 Å². The maximum absolute atomic E-state index is 11.5. The highest BCUT2D eigenvalue weighted by Gasteiger charge is 2.16. The number of carbonyl (C=O) groups is 1. The topological polar surface area (TPSA) is 132 Å². The first kappa shape index (κ1) is 18.4. The van der Waals surface area contributed by atoms with E-state index >= 15 is 0 Å². The van der Waals surface area contributed by atoms with Gasteiger partial charge < -0.3 is 13.9 Å². The number of nitro benzene ring substituents is 1. The largest absolute Gasteiger partial charge is 0.477 e. The molecule has 0 aliphatic carbocycles. The lowest BCUT2D eigenvalue weighted by Crippen LogP contribution is -1.96. The monoisotopic (exact) mass is 387 g/mol. The Morgan fingerprint density at radius 2 is 2.00 bits per heavy atom. The summed E-state index contributed by atoms with van der Waals surface area (Å²) < 4.78 is 10.9. The third-order valence-corrected chi connectivity index (χ3v) is 4.35. The zero-order valence-corrected chi connectivity index (χ0v) is 15.0. The fourth-order valence-corrected chi connectivity index (χ4v) is 2.99. The van der Waals surface area contributed by atoms with E-state index in [1.165, 1.54) is 18.2 Å². The van der Waals surface area contributed by atoms with E-state index in [-0.39, 0.29) is 15.8 Å². The Bertz CT molecular complexity index is 1050. The number of nitrogens with zero attached hydrogens (tertiary/aromatic N) is 3. The number of rotatable bonds is 6. The van der Waals surface area contributed by atoms with Gasteiger partial charge in [0.05, 0.1) is 4.92 Å². The van der Waals surface area contributed by atoms with Crippen LogP contribution in [-0.4, -0.2) is 26.2 Å². The summed E-state index contributed by atoms with van der Waals surface area (Å²) in [4.78, 5) is 21.8. The number of hydrogen-bond acceptors (Lipinski definition) is 8. The second-order valence-electron chi connectivity index (χ2n) is 5.46. The van der Waals surface area contributed by atoms with Gasteiger partial charge in [0.1, 0.15) is 16.4 Å². The average Bonchev–Trinajstić information content (AvgIpc) is 3.23. The van der Waals surface area contributed by atoms with E-state index in [1.807, 2.05) is 0 Å². The van der Waals surface area contributed by atoms with Crippen LogP contribution < -0.4 is 0 Å². The van der Waals surface area contributed by atoms with E-state index in [9.17, 15) is 20.0 Å². The highest BCUT2D eigenvalue weighted by atomic mass is 32.2. The summed E-state index contributed by atoms with van der Waals surface area (Å²) in [6.07, 6.45) is 1.34. The number of thioether (sulfide) groups is 1. The van der Waals surface area contributed by atoms with Crippen molar-refractivity contribution < 1.29 is 23.7 Å². The van der Waals surface area contributed by atoms with Crippen LogP contribution in [0.15, 0.2) is 49.3 Å². The minimum atomic E-state index is -1.17. The molecule has 10 heteroatoms. The standard InChI is InChI=1S/C17H13N3O6S/c1-9-7-11(20(23)24)3-5-13(9)14-6-4-12(26-14)8-15(16(21)22)27-17-19-18-10(2)25-17/h3-8H,1-2H3,(H,21,22)/b15-8-. The molecule has 0 amide bonds. The van der Waals surface area contributed by atoms with Crippen molar-refractivity contribution in [3.63, 3.8) is 0 Å². The molecule has 138 valence electrons. The number of aliphatic carboxylic acids is 1.